The number of carbonyl (C=O) groups is 1. The first-order valence-electron chi connectivity index (χ1n) is 5.01. The van der Waals surface area contributed by atoms with Crippen molar-refractivity contribution in [2.24, 2.45) is 0 Å². The SMILES string of the molecule is N=C=C1C(=S)NC(=O)C[C@H]1c1ccc(Br)cc1. The molecule has 0 saturated carbocycles. The van der Waals surface area contributed by atoms with Crippen LogP contribution in [-0.2, 0) is 4.79 Å². The number of amides is 1. The van der Waals surface area contributed by atoms with Crippen LogP contribution in [0.1, 0.15) is 17.9 Å². The van der Waals surface area contributed by atoms with Gasteiger partial charge in [0.1, 0.15) is 4.99 Å². The lowest BCUT2D eigenvalue weighted by Crippen LogP contribution is -2.38. The van der Waals surface area contributed by atoms with E-state index < -0.39 is 0 Å². The van der Waals surface area contributed by atoms with Gasteiger partial charge >= 0.3 is 0 Å². The Morgan fingerprint density at radius 3 is 2.65 bits per heavy atom. The van der Waals surface area contributed by atoms with Crippen molar-refractivity contribution >= 4 is 44.9 Å². The molecular formula is C12H9BrN2OS. The van der Waals surface area contributed by atoms with Crippen molar-refractivity contribution in [2.45, 2.75) is 12.3 Å². The molecule has 5 heteroatoms. The molecule has 2 rings (SSSR count). The van der Waals surface area contributed by atoms with E-state index in [2.05, 4.69) is 27.1 Å². The average molecular weight is 309 g/mol. The molecule has 1 aromatic rings. The van der Waals surface area contributed by atoms with E-state index in [0.717, 1.165) is 10.0 Å². The van der Waals surface area contributed by atoms with E-state index in [9.17, 15) is 4.79 Å². The van der Waals surface area contributed by atoms with Gasteiger partial charge in [0.2, 0.25) is 5.91 Å². The van der Waals surface area contributed by atoms with Crippen LogP contribution in [0.25, 0.3) is 0 Å². The monoisotopic (exact) mass is 308 g/mol. The molecule has 0 radical (unpaired) electrons. The van der Waals surface area contributed by atoms with E-state index in [-0.39, 0.29) is 11.8 Å². The lowest BCUT2D eigenvalue weighted by Gasteiger charge is -2.24. The van der Waals surface area contributed by atoms with Crippen molar-refractivity contribution in [3.63, 3.8) is 0 Å². The van der Waals surface area contributed by atoms with Crippen molar-refractivity contribution in [3.05, 3.63) is 39.9 Å². The summed E-state index contributed by atoms with van der Waals surface area (Å²) in [5.41, 5.74) is 1.54. The lowest BCUT2D eigenvalue weighted by atomic mass is 9.86. The van der Waals surface area contributed by atoms with Gasteiger partial charge in [-0.1, -0.05) is 40.3 Å². The second kappa shape index (κ2) is 4.92. The molecule has 86 valence electrons. The number of halogens is 1. The Balaban J connectivity index is 2.41. The number of carbonyl (C=O) groups excluding carboxylic acids is 1. The molecule has 0 bridgehead atoms. The molecule has 1 fully saturated rings. The van der Waals surface area contributed by atoms with Crippen LogP contribution in [0, 0.1) is 5.41 Å². The summed E-state index contributed by atoms with van der Waals surface area (Å²) in [6.07, 6.45) is 0.309. The summed E-state index contributed by atoms with van der Waals surface area (Å²) in [4.78, 5) is 11.8. The second-order valence-corrected chi connectivity index (χ2v) is 5.05. The Kier molecular flexibility index (Phi) is 3.52. The Labute approximate surface area is 113 Å². The van der Waals surface area contributed by atoms with Gasteiger partial charge < -0.3 is 5.32 Å². The fourth-order valence-corrected chi connectivity index (χ4v) is 2.39. The van der Waals surface area contributed by atoms with Crippen LogP contribution >= 0.6 is 28.1 Å². The standard InChI is InChI=1S/C12H9BrN2OS/c13-8-3-1-7(2-4-8)9-5-11(16)15-12(17)10(9)6-14/h1-4,9,14H,5H2,(H,15,16,17)/t9-/m0/s1. The Morgan fingerprint density at radius 2 is 2.06 bits per heavy atom. The number of hydrogen-bond donors (Lipinski definition) is 2. The normalized spacial score (nSPS) is 19.8. The molecule has 0 spiro atoms. The van der Waals surface area contributed by atoms with Crippen molar-refractivity contribution in [2.75, 3.05) is 0 Å². The predicted molar refractivity (Wildman–Crippen MR) is 73.5 cm³/mol. The van der Waals surface area contributed by atoms with Gasteiger partial charge in [0, 0.05) is 16.8 Å². The molecule has 1 atom stereocenters. The van der Waals surface area contributed by atoms with Crippen molar-refractivity contribution in [3.8, 4) is 0 Å². The summed E-state index contributed by atoms with van der Waals surface area (Å²) in [5.74, 6) is 2.06. The number of benzene rings is 1. The lowest BCUT2D eigenvalue weighted by molar-refractivity contribution is -0.120. The molecular weight excluding hydrogens is 300 g/mol. The number of hydrogen-bond acceptors (Lipinski definition) is 3. The molecule has 0 aromatic heterocycles. The predicted octanol–water partition coefficient (Wildman–Crippen LogP) is 2.55. The second-order valence-electron chi connectivity index (χ2n) is 3.72. The fourth-order valence-electron chi connectivity index (χ4n) is 1.81. The van der Waals surface area contributed by atoms with Crippen molar-refractivity contribution in [1.82, 2.24) is 5.32 Å². The van der Waals surface area contributed by atoms with Gasteiger partial charge in [0.25, 0.3) is 0 Å². The molecule has 1 aromatic carbocycles. The molecule has 17 heavy (non-hydrogen) atoms. The van der Waals surface area contributed by atoms with E-state index in [1.165, 1.54) is 0 Å². The van der Waals surface area contributed by atoms with E-state index in [4.69, 9.17) is 17.6 Å². The van der Waals surface area contributed by atoms with Crippen molar-refractivity contribution < 1.29 is 4.79 Å². The zero-order chi connectivity index (χ0) is 12.4. The molecule has 1 saturated heterocycles. The fraction of sp³-hybridized carbons (Fsp3) is 0.167. The highest BCUT2D eigenvalue weighted by molar-refractivity contribution is 9.10. The Morgan fingerprint density at radius 1 is 1.41 bits per heavy atom. The molecule has 1 aliphatic heterocycles. The van der Waals surface area contributed by atoms with E-state index >= 15 is 0 Å². The third-order valence-corrected chi connectivity index (χ3v) is 3.49. The van der Waals surface area contributed by atoms with Gasteiger partial charge in [-0.3, -0.25) is 10.2 Å². The quantitative estimate of drug-likeness (QED) is 0.476. The minimum atomic E-state index is -0.165. The van der Waals surface area contributed by atoms with Gasteiger partial charge in [-0.2, -0.15) is 0 Å². The smallest absolute Gasteiger partial charge is 0.226 e. The molecule has 2 N–H and O–H groups in total. The van der Waals surface area contributed by atoms with Gasteiger partial charge in [0.05, 0.1) is 5.57 Å². The average Bonchev–Trinajstić information content (AvgIpc) is 2.29. The Bertz CT molecular complexity index is 532. The molecule has 1 amide bonds. The summed E-state index contributed by atoms with van der Waals surface area (Å²) in [7, 11) is 0. The van der Waals surface area contributed by atoms with E-state index in [1.54, 1.807) is 0 Å². The minimum Gasteiger partial charge on any atom is -0.316 e. The summed E-state index contributed by atoms with van der Waals surface area (Å²) < 4.78 is 0.976. The van der Waals surface area contributed by atoms with Gasteiger partial charge in [-0.05, 0) is 23.6 Å². The highest BCUT2D eigenvalue weighted by Gasteiger charge is 2.29. The topological polar surface area (TPSA) is 53.0 Å². The van der Waals surface area contributed by atoms with E-state index in [1.807, 2.05) is 24.3 Å². The summed E-state index contributed by atoms with van der Waals surface area (Å²) in [6.45, 7) is 0. The third-order valence-electron chi connectivity index (χ3n) is 2.64. The maximum atomic E-state index is 11.5. The van der Waals surface area contributed by atoms with Crippen LogP contribution < -0.4 is 5.32 Å². The zero-order valence-electron chi connectivity index (χ0n) is 8.79. The van der Waals surface area contributed by atoms with Gasteiger partial charge in [-0.15, -0.1) is 0 Å². The third kappa shape index (κ3) is 2.52. The van der Waals surface area contributed by atoms with Crippen LogP contribution in [0.4, 0.5) is 0 Å². The van der Waals surface area contributed by atoms with Crippen LogP contribution in [0.2, 0.25) is 0 Å². The first-order chi connectivity index (χ1) is 8.11. The Hall–Kier alpha value is -1.29. The maximum Gasteiger partial charge on any atom is 0.226 e. The van der Waals surface area contributed by atoms with Crippen LogP contribution in [0.3, 0.4) is 0 Å². The maximum absolute atomic E-state index is 11.5. The summed E-state index contributed by atoms with van der Waals surface area (Å²) >= 11 is 8.41. The summed E-state index contributed by atoms with van der Waals surface area (Å²) in [5, 5.41) is 9.84. The van der Waals surface area contributed by atoms with Crippen LogP contribution in [0.5, 0.6) is 0 Å². The zero-order valence-corrected chi connectivity index (χ0v) is 11.2. The number of nitrogens with one attached hydrogen (secondary N) is 2. The van der Waals surface area contributed by atoms with Gasteiger partial charge in [-0.25, -0.2) is 0 Å². The molecule has 0 unspecified atom stereocenters. The van der Waals surface area contributed by atoms with Crippen LogP contribution in [-0.4, -0.2) is 16.8 Å². The largest absolute Gasteiger partial charge is 0.316 e. The minimum absolute atomic E-state index is 0.109. The number of thiocarbonyl (C=S) groups is 1. The number of rotatable bonds is 1. The van der Waals surface area contributed by atoms with E-state index in [0.29, 0.717) is 17.0 Å². The first kappa shape index (κ1) is 12.2. The molecule has 3 nitrogen and oxygen atoms in total. The highest BCUT2D eigenvalue weighted by Crippen LogP contribution is 2.30. The first-order valence-corrected chi connectivity index (χ1v) is 6.21. The molecule has 1 aliphatic rings. The van der Waals surface area contributed by atoms with Gasteiger partial charge in [0.15, 0.2) is 0 Å². The van der Waals surface area contributed by atoms with Crippen LogP contribution in [0.15, 0.2) is 34.3 Å². The van der Waals surface area contributed by atoms with Crippen molar-refractivity contribution in [1.29, 1.82) is 5.41 Å². The number of piperidine rings is 1. The molecule has 0 aliphatic carbocycles. The molecule has 1 heterocycles. The highest BCUT2D eigenvalue weighted by atomic mass is 79.9. The summed E-state index contributed by atoms with van der Waals surface area (Å²) in [6, 6.07) is 7.67.